The van der Waals surface area contributed by atoms with Crippen LogP contribution < -0.4 is 10.6 Å². The van der Waals surface area contributed by atoms with Crippen molar-refractivity contribution in [3.63, 3.8) is 0 Å². The first-order valence-electron chi connectivity index (χ1n) is 5.13. The van der Waals surface area contributed by atoms with Crippen molar-refractivity contribution in [3.8, 4) is 0 Å². The molecule has 1 aliphatic heterocycles. The largest absolute Gasteiger partial charge is 0.397 e. The minimum absolute atomic E-state index is 0.0493. The molecule has 0 bridgehead atoms. The third-order valence-corrected chi connectivity index (χ3v) is 3.51. The first-order chi connectivity index (χ1) is 8.02. The summed E-state index contributed by atoms with van der Waals surface area (Å²) in [5.41, 5.74) is 6.40. The topological polar surface area (TPSA) is 46.3 Å². The van der Waals surface area contributed by atoms with Crippen LogP contribution in [-0.2, 0) is 4.79 Å². The maximum atomic E-state index is 13.4. The van der Waals surface area contributed by atoms with Crippen LogP contribution in [0.15, 0.2) is 12.1 Å². The van der Waals surface area contributed by atoms with Crippen LogP contribution in [0, 0.1) is 11.7 Å². The molecule has 1 aromatic rings. The molecule has 1 amide bonds. The Morgan fingerprint density at radius 2 is 2.24 bits per heavy atom. The zero-order valence-corrected chi connectivity index (χ0v) is 10.4. The summed E-state index contributed by atoms with van der Waals surface area (Å²) in [5, 5.41) is -0.0493. The average Bonchev–Trinajstić information content (AvgIpc) is 2.65. The van der Waals surface area contributed by atoms with Gasteiger partial charge in [-0.05, 0) is 12.0 Å². The number of carbonyl (C=O) groups is 1. The van der Waals surface area contributed by atoms with Crippen molar-refractivity contribution in [2.45, 2.75) is 6.42 Å². The third-order valence-electron chi connectivity index (χ3n) is 2.78. The lowest BCUT2D eigenvalue weighted by Crippen LogP contribution is -2.25. The highest BCUT2D eigenvalue weighted by atomic mass is 35.5. The van der Waals surface area contributed by atoms with Gasteiger partial charge in [-0.3, -0.25) is 4.79 Å². The van der Waals surface area contributed by atoms with E-state index >= 15 is 0 Å². The first-order valence-corrected chi connectivity index (χ1v) is 6.05. The number of hydrogen-bond acceptors (Lipinski definition) is 2. The monoisotopic (exact) mass is 276 g/mol. The molecule has 1 unspecified atom stereocenters. The minimum atomic E-state index is -0.585. The Hall–Kier alpha value is -1.00. The van der Waals surface area contributed by atoms with Gasteiger partial charge in [0.25, 0.3) is 0 Å². The molecule has 1 aromatic carbocycles. The van der Waals surface area contributed by atoms with E-state index in [1.54, 1.807) is 0 Å². The normalized spacial score (nSPS) is 20.1. The van der Waals surface area contributed by atoms with E-state index in [1.165, 1.54) is 17.0 Å². The van der Waals surface area contributed by atoms with Crippen molar-refractivity contribution in [1.29, 1.82) is 0 Å². The summed E-state index contributed by atoms with van der Waals surface area (Å²) in [6, 6.07) is 2.50. The first kappa shape index (κ1) is 12.5. The highest BCUT2D eigenvalue weighted by Gasteiger charge is 2.31. The van der Waals surface area contributed by atoms with Crippen LogP contribution in [0.1, 0.15) is 6.42 Å². The minimum Gasteiger partial charge on any atom is -0.397 e. The van der Waals surface area contributed by atoms with Crippen LogP contribution in [0.5, 0.6) is 0 Å². The molecular formula is C11H11Cl2FN2O. The molecule has 92 valence electrons. The maximum absolute atomic E-state index is 13.4. The van der Waals surface area contributed by atoms with Gasteiger partial charge in [-0.1, -0.05) is 11.6 Å². The van der Waals surface area contributed by atoms with Gasteiger partial charge in [-0.25, -0.2) is 4.39 Å². The van der Waals surface area contributed by atoms with Gasteiger partial charge < -0.3 is 10.6 Å². The van der Waals surface area contributed by atoms with E-state index in [0.29, 0.717) is 30.2 Å². The number of hydrogen-bond donors (Lipinski definition) is 1. The number of amides is 1. The van der Waals surface area contributed by atoms with Gasteiger partial charge in [0.05, 0.1) is 16.4 Å². The van der Waals surface area contributed by atoms with E-state index in [4.69, 9.17) is 28.9 Å². The molecule has 6 heteroatoms. The molecule has 0 aliphatic carbocycles. The SMILES string of the molecule is Nc1cc(Cl)c(F)cc1N1CC(CCl)CC1=O. The molecular weight excluding hydrogens is 266 g/mol. The zero-order chi connectivity index (χ0) is 12.6. The number of alkyl halides is 1. The molecule has 2 rings (SSSR count). The number of carbonyl (C=O) groups excluding carboxylic acids is 1. The number of anilines is 2. The number of nitrogens with zero attached hydrogens (tertiary/aromatic N) is 1. The summed E-state index contributed by atoms with van der Waals surface area (Å²) in [4.78, 5) is 13.2. The van der Waals surface area contributed by atoms with E-state index in [2.05, 4.69) is 0 Å². The Kier molecular flexibility index (Phi) is 3.45. The van der Waals surface area contributed by atoms with Gasteiger partial charge in [0.1, 0.15) is 5.82 Å². The third kappa shape index (κ3) is 2.33. The number of rotatable bonds is 2. The molecule has 1 heterocycles. The predicted molar refractivity (Wildman–Crippen MR) is 67.0 cm³/mol. The second-order valence-electron chi connectivity index (χ2n) is 4.05. The van der Waals surface area contributed by atoms with Crippen LogP contribution in [0.4, 0.5) is 15.8 Å². The van der Waals surface area contributed by atoms with Crippen LogP contribution in [0.2, 0.25) is 5.02 Å². The molecule has 1 atom stereocenters. The smallest absolute Gasteiger partial charge is 0.227 e. The molecule has 1 fully saturated rings. The Labute approximate surface area is 108 Å². The van der Waals surface area contributed by atoms with E-state index < -0.39 is 5.82 Å². The molecule has 0 radical (unpaired) electrons. The Balaban J connectivity index is 2.35. The van der Waals surface area contributed by atoms with Gasteiger partial charge in [-0.15, -0.1) is 11.6 Å². The average molecular weight is 277 g/mol. The summed E-state index contributed by atoms with van der Waals surface area (Å²) in [7, 11) is 0. The lowest BCUT2D eigenvalue weighted by molar-refractivity contribution is -0.117. The van der Waals surface area contributed by atoms with Crippen molar-refractivity contribution < 1.29 is 9.18 Å². The quantitative estimate of drug-likeness (QED) is 0.667. The molecule has 1 saturated heterocycles. The molecule has 0 saturated carbocycles. The van der Waals surface area contributed by atoms with E-state index in [-0.39, 0.29) is 16.8 Å². The van der Waals surface area contributed by atoms with Crippen molar-refractivity contribution >= 4 is 40.5 Å². The van der Waals surface area contributed by atoms with Crippen molar-refractivity contribution in [3.05, 3.63) is 23.0 Å². The van der Waals surface area contributed by atoms with Gasteiger partial charge in [0.15, 0.2) is 0 Å². The maximum Gasteiger partial charge on any atom is 0.227 e. The fraction of sp³-hybridized carbons (Fsp3) is 0.364. The highest BCUT2D eigenvalue weighted by Crippen LogP contribution is 2.33. The Bertz CT molecular complexity index is 467. The van der Waals surface area contributed by atoms with Gasteiger partial charge in [-0.2, -0.15) is 0 Å². The molecule has 17 heavy (non-hydrogen) atoms. The summed E-state index contributed by atoms with van der Waals surface area (Å²) in [5.74, 6) is -0.192. The molecule has 1 aliphatic rings. The van der Waals surface area contributed by atoms with Crippen LogP contribution in [-0.4, -0.2) is 18.3 Å². The molecule has 0 aromatic heterocycles. The van der Waals surface area contributed by atoms with Crippen molar-refractivity contribution in [2.24, 2.45) is 5.92 Å². The van der Waals surface area contributed by atoms with E-state index in [9.17, 15) is 9.18 Å². The van der Waals surface area contributed by atoms with Crippen LogP contribution in [0.25, 0.3) is 0 Å². The van der Waals surface area contributed by atoms with E-state index in [0.717, 1.165) is 0 Å². The lowest BCUT2D eigenvalue weighted by Gasteiger charge is -2.19. The fourth-order valence-corrected chi connectivity index (χ4v) is 2.28. The molecule has 2 N–H and O–H groups in total. The summed E-state index contributed by atoms with van der Waals surface area (Å²) in [6.45, 7) is 0.466. The van der Waals surface area contributed by atoms with Crippen LogP contribution in [0.3, 0.4) is 0 Å². The molecule has 0 spiro atoms. The standard InChI is InChI=1S/C11H11Cl2FN2O/c12-4-6-1-11(17)16(5-6)10-3-8(14)7(13)2-9(10)15/h2-3,6H,1,4-5,15H2. The fourth-order valence-electron chi connectivity index (χ4n) is 1.90. The van der Waals surface area contributed by atoms with E-state index in [1.807, 2.05) is 0 Å². The summed E-state index contributed by atoms with van der Waals surface area (Å²) >= 11 is 11.3. The number of nitrogen functional groups attached to an aromatic ring is 1. The lowest BCUT2D eigenvalue weighted by atomic mass is 10.1. The number of nitrogens with two attached hydrogens (primary N) is 1. The van der Waals surface area contributed by atoms with Gasteiger partial charge >= 0.3 is 0 Å². The number of benzene rings is 1. The second-order valence-corrected chi connectivity index (χ2v) is 4.77. The highest BCUT2D eigenvalue weighted by molar-refractivity contribution is 6.31. The van der Waals surface area contributed by atoms with Crippen LogP contribution >= 0.6 is 23.2 Å². The molecule has 3 nitrogen and oxygen atoms in total. The predicted octanol–water partition coefficient (Wildman–Crippen LogP) is 2.65. The Morgan fingerprint density at radius 1 is 1.53 bits per heavy atom. The number of halogens is 3. The van der Waals surface area contributed by atoms with Gasteiger partial charge in [0.2, 0.25) is 5.91 Å². The Morgan fingerprint density at radius 3 is 2.82 bits per heavy atom. The summed E-state index contributed by atoms with van der Waals surface area (Å²) < 4.78 is 13.4. The second kappa shape index (κ2) is 4.70. The summed E-state index contributed by atoms with van der Waals surface area (Å²) in [6.07, 6.45) is 0.368. The van der Waals surface area contributed by atoms with Gasteiger partial charge in [0, 0.05) is 24.9 Å². The zero-order valence-electron chi connectivity index (χ0n) is 8.92. The van der Waals surface area contributed by atoms with Crippen molar-refractivity contribution in [2.75, 3.05) is 23.1 Å². The van der Waals surface area contributed by atoms with Crippen molar-refractivity contribution in [1.82, 2.24) is 0 Å².